The Bertz CT molecular complexity index is 616. The van der Waals surface area contributed by atoms with Gasteiger partial charge in [-0.3, -0.25) is 19.5 Å². The van der Waals surface area contributed by atoms with Gasteiger partial charge in [-0.05, 0) is 18.6 Å². The van der Waals surface area contributed by atoms with Crippen molar-refractivity contribution in [2.45, 2.75) is 13.0 Å². The van der Waals surface area contributed by atoms with Gasteiger partial charge in [0, 0.05) is 50.3 Å². The standard InChI is InChI=1S/C17H23ClN4O2/c1-13(14-4-2-3-5-15(14)18)21-10-8-20(9-11-21)12-16(23)22-7-6-19-17(22)24/h2-5,13H,6-12H2,1H3,(H,19,24)/t13-/m1/s1. The fraction of sp³-hybridized carbons (Fsp3) is 0.529. The van der Waals surface area contributed by atoms with Crippen LogP contribution in [0.15, 0.2) is 24.3 Å². The number of carbonyl (C=O) groups excluding carboxylic acids is 2. The average Bonchev–Trinajstić information content (AvgIpc) is 3.01. The summed E-state index contributed by atoms with van der Waals surface area (Å²) in [6, 6.07) is 7.91. The minimum Gasteiger partial charge on any atom is -0.336 e. The quantitative estimate of drug-likeness (QED) is 0.895. The molecule has 1 N–H and O–H groups in total. The van der Waals surface area contributed by atoms with E-state index in [2.05, 4.69) is 28.1 Å². The summed E-state index contributed by atoms with van der Waals surface area (Å²) in [7, 11) is 0. The van der Waals surface area contributed by atoms with Gasteiger partial charge in [0.15, 0.2) is 0 Å². The van der Waals surface area contributed by atoms with E-state index < -0.39 is 0 Å². The number of benzene rings is 1. The summed E-state index contributed by atoms with van der Waals surface area (Å²) in [4.78, 5) is 29.5. The van der Waals surface area contributed by atoms with Crippen LogP contribution in [0.25, 0.3) is 0 Å². The van der Waals surface area contributed by atoms with Gasteiger partial charge < -0.3 is 5.32 Å². The minimum absolute atomic E-state index is 0.113. The van der Waals surface area contributed by atoms with Crippen molar-refractivity contribution >= 4 is 23.5 Å². The number of urea groups is 1. The van der Waals surface area contributed by atoms with Gasteiger partial charge in [0.25, 0.3) is 0 Å². The molecular weight excluding hydrogens is 328 g/mol. The first kappa shape index (κ1) is 17.2. The van der Waals surface area contributed by atoms with Crippen LogP contribution in [0.5, 0.6) is 0 Å². The summed E-state index contributed by atoms with van der Waals surface area (Å²) in [6.45, 7) is 6.89. The van der Waals surface area contributed by atoms with Crippen molar-refractivity contribution in [2.75, 3.05) is 45.8 Å². The van der Waals surface area contributed by atoms with Crippen molar-refractivity contribution in [2.24, 2.45) is 0 Å². The van der Waals surface area contributed by atoms with Crippen LogP contribution in [-0.4, -0.2) is 72.5 Å². The highest BCUT2D eigenvalue weighted by molar-refractivity contribution is 6.31. The van der Waals surface area contributed by atoms with Crippen molar-refractivity contribution in [3.63, 3.8) is 0 Å². The molecule has 2 aliphatic rings. The Morgan fingerprint density at radius 1 is 1.21 bits per heavy atom. The molecule has 0 bridgehead atoms. The predicted octanol–water partition coefficient (Wildman–Crippen LogP) is 1.57. The second kappa shape index (κ2) is 7.51. The minimum atomic E-state index is -0.272. The molecule has 0 aliphatic carbocycles. The highest BCUT2D eigenvalue weighted by Gasteiger charge is 2.29. The molecule has 1 atom stereocenters. The van der Waals surface area contributed by atoms with Crippen LogP contribution in [0.4, 0.5) is 4.79 Å². The van der Waals surface area contributed by atoms with Crippen LogP contribution in [0.2, 0.25) is 5.02 Å². The molecule has 2 saturated heterocycles. The van der Waals surface area contributed by atoms with Crippen molar-refractivity contribution < 1.29 is 9.59 Å². The Balaban J connectivity index is 1.51. The summed E-state index contributed by atoms with van der Waals surface area (Å²) in [5.41, 5.74) is 1.14. The third-order valence-electron chi connectivity index (χ3n) is 4.83. The van der Waals surface area contributed by atoms with Crippen LogP contribution in [-0.2, 0) is 4.79 Å². The topological polar surface area (TPSA) is 55.9 Å². The van der Waals surface area contributed by atoms with Gasteiger partial charge in [-0.15, -0.1) is 0 Å². The number of amides is 3. The maximum atomic E-state index is 12.2. The number of halogens is 1. The van der Waals surface area contributed by atoms with Gasteiger partial charge in [-0.25, -0.2) is 4.79 Å². The van der Waals surface area contributed by atoms with Crippen LogP contribution >= 0.6 is 11.6 Å². The zero-order valence-corrected chi connectivity index (χ0v) is 14.6. The van der Waals surface area contributed by atoms with E-state index in [9.17, 15) is 9.59 Å². The molecule has 0 aromatic heterocycles. The molecule has 0 unspecified atom stereocenters. The number of carbonyl (C=O) groups is 2. The maximum absolute atomic E-state index is 12.2. The van der Waals surface area contributed by atoms with E-state index in [1.165, 1.54) is 4.90 Å². The second-order valence-corrected chi connectivity index (χ2v) is 6.69. The first-order chi connectivity index (χ1) is 11.6. The smallest absolute Gasteiger partial charge is 0.324 e. The van der Waals surface area contributed by atoms with Crippen molar-refractivity contribution in [3.05, 3.63) is 34.9 Å². The molecule has 0 radical (unpaired) electrons. The van der Waals surface area contributed by atoms with E-state index >= 15 is 0 Å². The predicted molar refractivity (Wildman–Crippen MR) is 93.0 cm³/mol. The number of nitrogens with zero attached hydrogens (tertiary/aromatic N) is 3. The van der Waals surface area contributed by atoms with Crippen molar-refractivity contribution in [1.29, 1.82) is 0 Å². The van der Waals surface area contributed by atoms with Gasteiger partial charge in [0.1, 0.15) is 0 Å². The number of rotatable bonds is 4. The number of hydrogen-bond acceptors (Lipinski definition) is 4. The molecule has 2 heterocycles. The molecule has 2 fully saturated rings. The highest BCUT2D eigenvalue weighted by Crippen LogP contribution is 2.27. The number of hydrogen-bond donors (Lipinski definition) is 1. The number of piperazine rings is 1. The molecule has 0 spiro atoms. The molecule has 2 aliphatic heterocycles. The number of imide groups is 1. The normalized spacial score (nSPS) is 20.9. The van der Waals surface area contributed by atoms with Gasteiger partial charge in [-0.2, -0.15) is 0 Å². The summed E-state index contributed by atoms with van der Waals surface area (Å²) in [6.07, 6.45) is 0. The zero-order chi connectivity index (χ0) is 17.1. The molecule has 24 heavy (non-hydrogen) atoms. The Morgan fingerprint density at radius 3 is 2.54 bits per heavy atom. The van der Waals surface area contributed by atoms with Gasteiger partial charge in [-0.1, -0.05) is 29.8 Å². The maximum Gasteiger partial charge on any atom is 0.324 e. The highest BCUT2D eigenvalue weighted by atomic mass is 35.5. The monoisotopic (exact) mass is 350 g/mol. The lowest BCUT2D eigenvalue weighted by Gasteiger charge is -2.38. The molecule has 3 amide bonds. The summed E-state index contributed by atoms with van der Waals surface area (Å²) in [5, 5.41) is 3.45. The SMILES string of the molecule is C[C@H](c1ccccc1Cl)N1CCN(CC(=O)N2CCNC2=O)CC1. The fourth-order valence-corrected chi connectivity index (χ4v) is 3.60. The van der Waals surface area contributed by atoms with E-state index in [0.717, 1.165) is 36.8 Å². The lowest BCUT2D eigenvalue weighted by atomic mass is 10.1. The Kier molecular flexibility index (Phi) is 5.38. The van der Waals surface area contributed by atoms with Gasteiger partial charge >= 0.3 is 6.03 Å². The third-order valence-corrected chi connectivity index (χ3v) is 5.17. The van der Waals surface area contributed by atoms with E-state index in [1.54, 1.807) is 0 Å². The Labute approximate surface area is 147 Å². The zero-order valence-electron chi connectivity index (χ0n) is 13.9. The number of nitrogens with one attached hydrogen (secondary N) is 1. The lowest BCUT2D eigenvalue weighted by molar-refractivity contribution is -0.129. The molecule has 3 rings (SSSR count). The molecule has 7 heteroatoms. The average molecular weight is 351 g/mol. The van der Waals surface area contributed by atoms with Crippen LogP contribution in [0.1, 0.15) is 18.5 Å². The van der Waals surface area contributed by atoms with E-state index in [-0.39, 0.29) is 18.0 Å². The van der Waals surface area contributed by atoms with Crippen molar-refractivity contribution in [3.8, 4) is 0 Å². The summed E-state index contributed by atoms with van der Waals surface area (Å²) >= 11 is 6.30. The van der Waals surface area contributed by atoms with E-state index in [1.807, 2.05) is 18.2 Å². The summed E-state index contributed by atoms with van der Waals surface area (Å²) < 4.78 is 0. The molecule has 1 aromatic rings. The third kappa shape index (κ3) is 3.71. The van der Waals surface area contributed by atoms with Crippen LogP contribution in [0, 0.1) is 0 Å². The first-order valence-corrected chi connectivity index (χ1v) is 8.73. The van der Waals surface area contributed by atoms with Gasteiger partial charge in [0.05, 0.1) is 6.54 Å². The van der Waals surface area contributed by atoms with Gasteiger partial charge in [0.2, 0.25) is 5.91 Å². The first-order valence-electron chi connectivity index (χ1n) is 8.35. The molecule has 1 aromatic carbocycles. The van der Waals surface area contributed by atoms with Crippen LogP contribution < -0.4 is 5.32 Å². The van der Waals surface area contributed by atoms with Crippen LogP contribution in [0.3, 0.4) is 0 Å². The largest absolute Gasteiger partial charge is 0.336 e. The Morgan fingerprint density at radius 2 is 1.92 bits per heavy atom. The Hall–Kier alpha value is -1.63. The summed E-state index contributed by atoms with van der Waals surface area (Å²) in [5.74, 6) is -0.113. The van der Waals surface area contributed by atoms with Crippen molar-refractivity contribution in [1.82, 2.24) is 20.0 Å². The molecule has 6 nitrogen and oxygen atoms in total. The van der Waals surface area contributed by atoms with E-state index in [0.29, 0.717) is 19.6 Å². The molecule has 130 valence electrons. The second-order valence-electron chi connectivity index (χ2n) is 6.29. The molecule has 0 saturated carbocycles. The molecular formula is C17H23ClN4O2. The fourth-order valence-electron chi connectivity index (χ4n) is 3.31. The van der Waals surface area contributed by atoms with E-state index in [4.69, 9.17) is 11.6 Å². The lowest BCUT2D eigenvalue weighted by Crippen LogP contribution is -2.50.